The van der Waals surface area contributed by atoms with E-state index in [0.29, 0.717) is 24.4 Å². The number of aryl methyl sites for hydroxylation is 2. The molecule has 0 radical (unpaired) electrons. The van der Waals surface area contributed by atoms with Crippen molar-refractivity contribution in [1.82, 2.24) is 9.88 Å². The third-order valence-corrected chi connectivity index (χ3v) is 4.49. The SMILES string of the molecule is CCOC(=O)c1c(C)[nH]c(C)c1C(=O)COC(=O)CN1CCCCCC1=O. The Labute approximate surface area is 158 Å². The molecule has 1 aromatic rings. The molecule has 1 amide bonds. The molecule has 0 aromatic carbocycles. The minimum absolute atomic E-state index is 0.0718. The molecule has 0 spiro atoms. The number of ketones is 1. The molecule has 148 valence electrons. The molecular weight excluding hydrogens is 352 g/mol. The molecule has 2 rings (SSSR count). The van der Waals surface area contributed by atoms with Gasteiger partial charge < -0.3 is 19.4 Å². The summed E-state index contributed by atoms with van der Waals surface area (Å²) in [4.78, 5) is 53.1. The van der Waals surface area contributed by atoms with E-state index in [2.05, 4.69) is 4.98 Å². The van der Waals surface area contributed by atoms with E-state index in [1.165, 1.54) is 4.90 Å². The summed E-state index contributed by atoms with van der Waals surface area (Å²) in [7, 11) is 0. The fourth-order valence-corrected chi connectivity index (χ4v) is 3.21. The van der Waals surface area contributed by atoms with Gasteiger partial charge in [-0.25, -0.2) is 4.79 Å². The van der Waals surface area contributed by atoms with E-state index in [9.17, 15) is 19.2 Å². The number of rotatable bonds is 7. The molecular formula is C19H26N2O6. The van der Waals surface area contributed by atoms with E-state index in [0.717, 1.165) is 19.3 Å². The lowest BCUT2D eigenvalue weighted by molar-refractivity contribution is -0.148. The summed E-state index contributed by atoms with van der Waals surface area (Å²) in [5.41, 5.74) is 1.37. The number of carbonyl (C=O) groups is 4. The smallest absolute Gasteiger partial charge is 0.340 e. The van der Waals surface area contributed by atoms with Crippen LogP contribution in [0.4, 0.5) is 0 Å². The number of nitrogens with zero attached hydrogens (tertiary/aromatic N) is 1. The number of ether oxygens (including phenoxy) is 2. The average Bonchev–Trinajstić information content (AvgIpc) is 2.77. The zero-order chi connectivity index (χ0) is 20.0. The van der Waals surface area contributed by atoms with E-state index >= 15 is 0 Å². The van der Waals surface area contributed by atoms with Crippen LogP contribution in [0, 0.1) is 13.8 Å². The van der Waals surface area contributed by atoms with Crippen LogP contribution in [0.15, 0.2) is 0 Å². The number of hydrogen-bond acceptors (Lipinski definition) is 6. The maximum atomic E-state index is 12.5. The first-order valence-corrected chi connectivity index (χ1v) is 9.18. The minimum Gasteiger partial charge on any atom is -0.462 e. The average molecular weight is 378 g/mol. The van der Waals surface area contributed by atoms with Crippen molar-refractivity contribution >= 4 is 23.6 Å². The van der Waals surface area contributed by atoms with Crippen molar-refractivity contribution in [2.24, 2.45) is 0 Å². The van der Waals surface area contributed by atoms with Crippen molar-refractivity contribution in [3.05, 3.63) is 22.5 Å². The molecule has 1 N–H and O–H groups in total. The molecule has 0 saturated carbocycles. The summed E-state index contributed by atoms with van der Waals surface area (Å²) in [5.74, 6) is -1.79. The first kappa shape index (κ1) is 20.7. The number of carbonyl (C=O) groups excluding carboxylic acids is 4. The van der Waals surface area contributed by atoms with Crippen LogP contribution in [0.5, 0.6) is 0 Å². The van der Waals surface area contributed by atoms with Crippen LogP contribution >= 0.6 is 0 Å². The first-order chi connectivity index (χ1) is 12.8. The zero-order valence-corrected chi connectivity index (χ0v) is 16.1. The van der Waals surface area contributed by atoms with Crippen LogP contribution in [-0.4, -0.2) is 59.8 Å². The van der Waals surface area contributed by atoms with Gasteiger partial charge in [0, 0.05) is 24.4 Å². The molecule has 0 atom stereocenters. The Balaban J connectivity index is 2.00. The molecule has 2 heterocycles. The van der Waals surface area contributed by atoms with E-state index in [-0.39, 0.29) is 30.2 Å². The molecule has 0 aliphatic carbocycles. The first-order valence-electron chi connectivity index (χ1n) is 9.18. The third kappa shape index (κ3) is 5.18. The molecule has 1 saturated heterocycles. The molecule has 0 bridgehead atoms. The highest BCUT2D eigenvalue weighted by Gasteiger charge is 2.26. The summed E-state index contributed by atoms with van der Waals surface area (Å²) in [6.45, 7) is 5.07. The number of hydrogen-bond donors (Lipinski definition) is 1. The number of likely N-dealkylation sites (tertiary alicyclic amines) is 1. The van der Waals surface area contributed by atoms with Crippen molar-refractivity contribution in [2.45, 2.75) is 46.5 Å². The summed E-state index contributed by atoms with van der Waals surface area (Å²) in [5, 5.41) is 0. The normalized spacial score (nSPS) is 14.6. The fraction of sp³-hybridized carbons (Fsp3) is 0.579. The van der Waals surface area contributed by atoms with Gasteiger partial charge in [0.25, 0.3) is 0 Å². The Morgan fingerprint density at radius 2 is 1.74 bits per heavy atom. The number of aromatic amines is 1. The van der Waals surface area contributed by atoms with Crippen molar-refractivity contribution in [2.75, 3.05) is 26.3 Å². The van der Waals surface area contributed by atoms with Gasteiger partial charge in [-0.05, 0) is 33.6 Å². The van der Waals surface area contributed by atoms with Crippen LogP contribution in [0.1, 0.15) is 64.7 Å². The predicted molar refractivity (Wildman–Crippen MR) is 96.6 cm³/mol. The summed E-state index contributed by atoms with van der Waals surface area (Å²) >= 11 is 0. The quantitative estimate of drug-likeness (QED) is 0.574. The van der Waals surface area contributed by atoms with Crippen LogP contribution in [0.2, 0.25) is 0 Å². The lowest BCUT2D eigenvalue weighted by Crippen LogP contribution is -2.36. The van der Waals surface area contributed by atoms with Gasteiger partial charge in [-0.1, -0.05) is 6.42 Å². The Morgan fingerprint density at radius 1 is 1.04 bits per heavy atom. The van der Waals surface area contributed by atoms with Gasteiger partial charge in [-0.15, -0.1) is 0 Å². The molecule has 0 unspecified atom stereocenters. The maximum Gasteiger partial charge on any atom is 0.340 e. The number of Topliss-reactive ketones (excluding diaryl/α,β-unsaturated/α-hetero) is 1. The van der Waals surface area contributed by atoms with E-state index < -0.39 is 24.3 Å². The summed E-state index contributed by atoms with van der Waals surface area (Å²) < 4.78 is 10.1. The minimum atomic E-state index is -0.638. The molecule has 27 heavy (non-hydrogen) atoms. The van der Waals surface area contributed by atoms with Gasteiger partial charge in [0.2, 0.25) is 11.7 Å². The van der Waals surface area contributed by atoms with Gasteiger partial charge in [0.15, 0.2) is 6.61 Å². The number of amides is 1. The standard InChI is InChI=1S/C19H26N2O6/c1-4-26-19(25)18-13(3)20-12(2)17(18)14(22)11-27-16(24)10-21-9-7-5-6-8-15(21)23/h20H,4-11H2,1-3H3. The molecule has 1 aliphatic rings. The predicted octanol–water partition coefficient (Wildman–Crippen LogP) is 1.94. The Kier molecular flexibility index (Phi) is 7.15. The third-order valence-electron chi connectivity index (χ3n) is 4.49. The number of H-pyrrole nitrogens is 1. The Hall–Kier alpha value is -2.64. The highest BCUT2D eigenvalue weighted by molar-refractivity contribution is 6.09. The van der Waals surface area contributed by atoms with Gasteiger partial charge in [0.05, 0.1) is 17.7 Å². The summed E-state index contributed by atoms with van der Waals surface area (Å²) in [6, 6.07) is 0. The number of aromatic nitrogens is 1. The lowest BCUT2D eigenvalue weighted by atomic mass is 10.1. The fourth-order valence-electron chi connectivity index (χ4n) is 3.21. The Morgan fingerprint density at radius 3 is 2.44 bits per heavy atom. The van der Waals surface area contributed by atoms with Crippen molar-refractivity contribution in [1.29, 1.82) is 0 Å². The van der Waals surface area contributed by atoms with E-state index in [1.54, 1.807) is 20.8 Å². The zero-order valence-electron chi connectivity index (χ0n) is 16.1. The second kappa shape index (κ2) is 9.34. The molecule has 8 heteroatoms. The molecule has 1 fully saturated rings. The highest BCUT2D eigenvalue weighted by Crippen LogP contribution is 2.20. The molecule has 1 aromatic heterocycles. The topological polar surface area (TPSA) is 106 Å². The van der Waals surface area contributed by atoms with Crippen LogP contribution in [0.3, 0.4) is 0 Å². The van der Waals surface area contributed by atoms with Crippen molar-refractivity contribution < 1.29 is 28.7 Å². The Bertz CT molecular complexity index is 737. The monoisotopic (exact) mass is 378 g/mol. The van der Waals surface area contributed by atoms with Gasteiger partial charge in [-0.2, -0.15) is 0 Å². The second-order valence-electron chi connectivity index (χ2n) is 6.56. The van der Waals surface area contributed by atoms with Crippen LogP contribution < -0.4 is 0 Å². The molecule has 8 nitrogen and oxygen atoms in total. The number of esters is 2. The maximum absolute atomic E-state index is 12.5. The van der Waals surface area contributed by atoms with Crippen molar-refractivity contribution in [3.63, 3.8) is 0 Å². The van der Waals surface area contributed by atoms with Gasteiger partial charge in [0.1, 0.15) is 6.54 Å². The van der Waals surface area contributed by atoms with Gasteiger partial charge >= 0.3 is 11.9 Å². The van der Waals surface area contributed by atoms with E-state index in [4.69, 9.17) is 9.47 Å². The second-order valence-corrected chi connectivity index (χ2v) is 6.56. The van der Waals surface area contributed by atoms with Crippen LogP contribution in [0.25, 0.3) is 0 Å². The number of nitrogens with one attached hydrogen (secondary N) is 1. The van der Waals surface area contributed by atoms with Crippen molar-refractivity contribution in [3.8, 4) is 0 Å². The van der Waals surface area contributed by atoms with Crippen LogP contribution in [-0.2, 0) is 19.1 Å². The van der Waals surface area contributed by atoms with Gasteiger partial charge in [-0.3, -0.25) is 14.4 Å². The largest absolute Gasteiger partial charge is 0.462 e. The summed E-state index contributed by atoms with van der Waals surface area (Å²) in [6.07, 6.45) is 3.06. The van der Waals surface area contributed by atoms with E-state index in [1.807, 2.05) is 0 Å². The highest BCUT2D eigenvalue weighted by atomic mass is 16.5. The molecule has 1 aliphatic heterocycles. The lowest BCUT2D eigenvalue weighted by Gasteiger charge is -2.19.